The summed E-state index contributed by atoms with van der Waals surface area (Å²) in [7, 11) is 4.11. The van der Waals surface area contributed by atoms with Gasteiger partial charge in [-0.05, 0) is 45.6 Å². The highest BCUT2D eigenvalue weighted by Crippen LogP contribution is 2.14. The maximum atomic E-state index is 5.62. The van der Waals surface area contributed by atoms with Gasteiger partial charge in [0.2, 0.25) is 0 Å². The van der Waals surface area contributed by atoms with E-state index in [0.717, 1.165) is 25.4 Å². The minimum absolute atomic E-state index is 0.235. The Morgan fingerprint density at radius 2 is 1.88 bits per heavy atom. The molecule has 0 aliphatic heterocycles. The molecule has 0 aliphatic rings. The molecule has 1 rings (SSSR count). The zero-order valence-electron chi connectivity index (χ0n) is 11.4. The fourth-order valence-corrected chi connectivity index (χ4v) is 1.64. The first-order chi connectivity index (χ1) is 8.11. The molecule has 0 spiro atoms. The van der Waals surface area contributed by atoms with Crippen molar-refractivity contribution in [2.75, 3.05) is 27.2 Å². The third kappa shape index (κ3) is 5.71. The number of likely N-dealkylation sites (N-methyl/N-ethyl adjacent to an activating group) is 2. The lowest BCUT2D eigenvalue weighted by atomic mass is 10.2. The third-order valence-corrected chi connectivity index (χ3v) is 2.49. The molecule has 17 heavy (non-hydrogen) atoms. The van der Waals surface area contributed by atoms with Crippen LogP contribution in [0.3, 0.4) is 0 Å². The summed E-state index contributed by atoms with van der Waals surface area (Å²) in [4.78, 5) is 2.30. The Morgan fingerprint density at radius 3 is 2.41 bits per heavy atom. The third-order valence-electron chi connectivity index (χ3n) is 2.49. The van der Waals surface area contributed by atoms with Crippen LogP contribution in [0.5, 0.6) is 5.75 Å². The van der Waals surface area contributed by atoms with Gasteiger partial charge in [-0.2, -0.15) is 0 Å². The van der Waals surface area contributed by atoms with E-state index in [4.69, 9.17) is 4.74 Å². The van der Waals surface area contributed by atoms with Crippen molar-refractivity contribution in [3.05, 3.63) is 29.8 Å². The second-order valence-electron chi connectivity index (χ2n) is 4.65. The minimum atomic E-state index is 0.235. The van der Waals surface area contributed by atoms with E-state index in [-0.39, 0.29) is 6.10 Å². The van der Waals surface area contributed by atoms with Gasteiger partial charge in [-0.15, -0.1) is 0 Å². The van der Waals surface area contributed by atoms with Crippen LogP contribution in [0.4, 0.5) is 0 Å². The molecule has 1 N–H and O–H groups in total. The Hall–Kier alpha value is -1.06. The molecule has 0 radical (unpaired) electrons. The lowest BCUT2D eigenvalue weighted by Gasteiger charge is -2.17. The Bertz CT molecular complexity index is 309. The minimum Gasteiger partial charge on any atom is -0.491 e. The molecule has 96 valence electrons. The summed E-state index contributed by atoms with van der Waals surface area (Å²) in [6, 6.07) is 8.35. The zero-order chi connectivity index (χ0) is 12.7. The van der Waals surface area contributed by atoms with Gasteiger partial charge in [-0.25, -0.2) is 0 Å². The predicted molar refractivity (Wildman–Crippen MR) is 72.5 cm³/mol. The molecule has 0 fully saturated rings. The maximum absolute atomic E-state index is 5.62. The average molecular weight is 236 g/mol. The molecule has 0 saturated heterocycles. The number of ether oxygens (including phenoxy) is 1. The van der Waals surface area contributed by atoms with Crippen LogP contribution in [-0.4, -0.2) is 38.2 Å². The molecule has 0 unspecified atom stereocenters. The first kappa shape index (κ1) is 14.0. The molecule has 0 bridgehead atoms. The SMILES string of the molecule is CNCCN(C)Cc1ccc(OC(C)C)cc1. The summed E-state index contributed by atoms with van der Waals surface area (Å²) < 4.78 is 5.62. The van der Waals surface area contributed by atoms with E-state index in [9.17, 15) is 0 Å². The van der Waals surface area contributed by atoms with Gasteiger partial charge in [-0.3, -0.25) is 0 Å². The molecular weight excluding hydrogens is 212 g/mol. The second-order valence-corrected chi connectivity index (χ2v) is 4.65. The van der Waals surface area contributed by atoms with Crippen molar-refractivity contribution >= 4 is 0 Å². The van der Waals surface area contributed by atoms with E-state index in [1.807, 2.05) is 33.0 Å². The van der Waals surface area contributed by atoms with Crippen LogP contribution in [0, 0.1) is 0 Å². The number of hydrogen-bond donors (Lipinski definition) is 1. The summed E-state index contributed by atoms with van der Waals surface area (Å²) in [5, 5.41) is 3.15. The Kier molecular flexibility index (Phi) is 6.01. The summed E-state index contributed by atoms with van der Waals surface area (Å²) >= 11 is 0. The largest absolute Gasteiger partial charge is 0.491 e. The lowest BCUT2D eigenvalue weighted by Crippen LogP contribution is -2.26. The second kappa shape index (κ2) is 7.30. The highest BCUT2D eigenvalue weighted by atomic mass is 16.5. The standard InChI is InChI=1S/C14H24N2O/c1-12(2)17-14-7-5-13(6-8-14)11-16(4)10-9-15-3/h5-8,12,15H,9-11H2,1-4H3. The van der Waals surface area contributed by atoms with Crippen LogP contribution in [0.25, 0.3) is 0 Å². The molecule has 0 atom stereocenters. The number of rotatable bonds is 7. The van der Waals surface area contributed by atoms with Crippen LogP contribution in [0.15, 0.2) is 24.3 Å². The number of hydrogen-bond acceptors (Lipinski definition) is 3. The molecule has 3 heteroatoms. The first-order valence-electron chi connectivity index (χ1n) is 6.20. The molecule has 0 heterocycles. The summed E-state index contributed by atoms with van der Waals surface area (Å²) in [6.07, 6.45) is 0.235. The topological polar surface area (TPSA) is 24.5 Å². The van der Waals surface area contributed by atoms with E-state index in [1.165, 1.54) is 5.56 Å². The molecular formula is C14H24N2O. The monoisotopic (exact) mass is 236 g/mol. The van der Waals surface area contributed by atoms with Gasteiger partial charge in [0, 0.05) is 19.6 Å². The number of nitrogens with one attached hydrogen (secondary N) is 1. The number of nitrogens with zero attached hydrogens (tertiary/aromatic N) is 1. The molecule has 0 aromatic heterocycles. The fraction of sp³-hybridized carbons (Fsp3) is 0.571. The summed E-state index contributed by atoms with van der Waals surface area (Å²) in [5.74, 6) is 0.946. The van der Waals surface area contributed by atoms with Crippen LogP contribution in [-0.2, 0) is 6.54 Å². The van der Waals surface area contributed by atoms with Crippen LogP contribution in [0.2, 0.25) is 0 Å². The molecule has 0 amide bonds. The van der Waals surface area contributed by atoms with Gasteiger partial charge >= 0.3 is 0 Å². The molecule has 1 aromatic rings. The highest BCUT2D eigenvalue weighted by Gasteiger charge is 2.01. The smallest absolute Gasteiger partial charge is 0.119 e. The van der Waals surface area contributed by atoms with Crippen molar-refractivity contribution < 1.29 is 4.74 Å². The first-order valence-corrected chi connectivity index (χ1v) is 6.20. The Balaban J connectivity index is 2.44. The van der Waals surface area contributed by atoms with E-state index < -0.39 is 0 Å². The van der Waals surface area contributed by atoms with Crippen molar-refractivity contribution in [2.45, 2.75) is 26.5 Å². The Labute approximate surface area is 105 Å². The Morgan fingerprint density at radius 1 is 1.24 bits per heavy atom. The van der Waals surface area contributed by atoms with Crippen LogP contribution in [0.1, 0.15) is 19.4 Å². The van der Waals surface area contributed by atoms with Gasteiger partial charge in [0.05, 0.1) is 6.10 Å². The molecule has 1 aromatic carbocycles. The average Bonchev–Trinajstić information content (AvgIpc) is 2.28. The van der Waals surface area contributed by atoms with Crippen molar-refractivity contribution in [2.24, 2.45) is 0 Å². The zero-order valence-corrected chi connectivity index (χ0v) is 11.4. The highest BCUT2D eigenvalue weighted by molar-refractivity contribution is 5.27. The van der Waals surface area contributed by atoms with E-state index >= 15 is 0 Å². The van der Waals surface area contributed by atoms with Gasteiger partial charge in [0.1, 0.15) is 5.75 Å². The van der Waals surface area contributed by atoms with Gasteiger partial charge < -0.3 is 15.0 Å². The van der Waals surface area contributed by atoms with Crippen LogP contribution < -0.4 is 10.1 Å². The van der Waals surface area contributed by atoms with Gasteiger partial charge in [0.25, 0.3) is 0 Å². The van der Waals surface area contributed by atoms with Crippen LogP contribution >= 0.6 is 0 Å². The predicted octanol–water partition coefficient (Wildman–Crippen LogP) is 2.12. The summed E-state index contributed by atoms with van der Waals surface area (Å²) in [5.41, 5.74) is 1.32. The van der Waals surface area contributed by atoms with E-state index in [2.05, 4.69) is 29.4 Å². The molecule has 0 saturated carbocycles. The molecule has 0 aliphatic carbocycles. The van der Waals surface area contributed by atoms with Crippen molar-refractivity contribution in [1.29, 1.82) is 0 Å². The van der Waals surface area contributed by atoms with Crippen molar-refractivity contribution in [1.82, 2.24) is 10.2 Å². The van der Waals surface area contributed by atoms with Crippen molar-refractivity contribution in [3.63, 3.8) is 0 Å². The lowest BCUT2D eigenvalue weighted by molar-refractivity contribution is 0.242. The van der Waals surface area contributed by atoms with Crippen molar-refractivity contribution in [3.8, 4) is 5.75 Å². The number of benzene rings is 1. The van der Waals surface area contributed by atoms with Gasteiger partial charge in [-0.1, -0.05) is 12.1 Å². The maximum Gasteiger partial charge on any atom is 0.119 e. The van der Waals surface area contributed by atoms with Gasteiger partial charge in [0.15, 0.2) is 0 Å². The quantitative estimate of drug-likeness (QED) is 0.785. The van der Waals surface area contributed by atoms with E-state index in [1.54, 1.807) is 0 Å². The fourth-order valence-electron chi connectivity index (χ4n) is 1.64. The van der Waals surface area contributed by atoms with E-state index in [0.29, 0.717) is 0 Å². The summed E-state index contributed by atoms with van der Waals surface area (Å²) in [6.45, 7) is 7.13. The molecule has 3 nitrogen and oxygen atoms in total. The normalized spacial score (nSPS) is 11.2.